The second-order valence-electron chi connectivity index (χ2n) is 10.7. The zero-order valence-electron chi connectivity index (χ0n) is 24.3. The van der Waals surface area contributed by atoms with E-state index in [4.69, 9.17) is 39.4 Å². The maximum Gasteiger partial charge on any atom is 0.186 e. The van der Waals surface area contributed by atoms with Crippen molar-refractivity contribution in [2.45, 2.75) is 110 Å². The smallest absolute Gasteiger partial charge is 0.186 e. The predicted molar refractivity (Wildman–Crippen MR) is 142 cm³/mol. The normalized spacial score (nSPS) is 37.2. The predicted octanol–water partition coefficient (Wildman–Crippen LogP) is -11.5. The SMILES string of the molecule is OC[C@@H](O)[C@@H](O)[C@H](O)[C@H](O)CO[C@H]1O[C@H](CO)[C@@H](O)[C@H](O)[C@H]1O.OC[C@H](O)[C@@H](O)[C@H](O)[C@H](O)CO[C@H]1O[C@H](CO)[C@@H](O)[C@H](O)[C@H]1O. The van der Waals surface area contributed by atoms with Gasteiger partial charge in [0.1, 0.15) is 97.7 Å². The van der Waals surface area contributed by atoms with Crippen LogP contribution >= 0.6 is 0 Å². The summed E-state index contributed by atoms with van der Waals surface area (Å²) in [6, 6.07) is 0. The highest BCUT2D eigenvalue weighted by atomic mass is 16.7. The Morgan fingerprint density at radius 1 is 0.413 bits per heavy atom. The Kier molecular flexibility index (Phi) is 19.3. The molecule has 22 heteroatoms. The molecule has 2 saturated heterocycles. The summed E-state index contributed by atoms with van der Waals surface area (Å²) in [6.07, 6.45) is -29.4. The fourth-order valence-electron chi connectivity index (χ4n) is 4.12. The summed E-state index contributed by atoms with van der Waals surface area (Å²) >= 11 is 0. The van der Waals surface area contributed by atoms with Crippen LogP contribution < -0.4 is 0 Å². The van der Waals surface area contributed by atoms with Crippen LogP contribution in [0.2, 0.25) is 0 Å². The van der Waals surface area contributed by atoms with Crippen molar-refractivity contribution in [3.8, 4) is 0 Å². The quantitative estimate of drug-likeness (QED) is 0.0715. The molecule has 2 fully saturated rings. The fraction of sp³-hybridized carbons (Fsp3) is 1.00. The van der Waals surface area contributed by atoms with Crippen LogP contribution in [0.1, 0.15) is 0 Å². The van der Waals surface area contributed by atoms with E-state index in [1.54, 1.807) is 0 Å². The van der Waals surface area contributed by atoms with Crippen molar-refractivity contribution in [2.24, 2.45) is 0 Å². The first-order valence-corrected chi connectivity index (χ1v) is 14.0. The van der Waals surface area contributed by atoms with Gasteiger partial charge in [-0.25, -0.2) is 0 Å². The van der Waals surface area contributed by atoms with Crippen LogP contribution in [-0.4, -0.2) is 242 Å². The molecule has 0 aromatic carbocycles. The van der Waals surface area contributed by atoms with E-state index in [9.17, 15) is 71.5 Å². The Morgan fingerprint density at radius 2 is 0.696 bits per heavy atom. The highest BCUT2D eigenvalue weighted by Crippen LogP contribution is 2.23. The zero-order chi connectivity index (χ0) is 35.5. The van der Waals surface area contributed by atoms with Gasteiger partial charge in [0.2, 0.25) is 0 Å². The number of hydrogen-bond donors (Lipinski definition) is 18. The summed E-state index contributed by atoms with van der Waals surface area (Å²) in [5, 5.41) is 169. The Hall–Kier alpha value is -0.880. The van der Waals surface area contributed by atoms with Crippen molar-refractivity contribution in [1.82, 2.24) is 0 Å². The van der Waals surface area contributed by atoms with Crippen LogP contribution in [-0.2, 0) is 18.9 Å². The molecule has 2 rings (SSSR count). The van der Waals surface area contributed by atoms with Crippen molar-refractivity contribution >= 4 is 0 Å². The monoisotopic (exact) mass is 688 g/mol. The maximum atomic E-state index is 9.70. The molecule has 0 bridgehead atoms. The zero-order valence-corrected chi connectivity index (χ0v) is 24.3. The van der Waals surface area contributed by atoms with Gasteiger partial charge in [-0.2, -0.15) is 0 Å². The van der Waals surface area contributed by atoms with Gasteiger partial charge in [0, 0.05) is 0 Å². The third kappa shape index (κ3) is 11.6. The molecule has 0 amide bonds. The van der Waals surface area contributed by atoms with E-state index in [1.807, 2.05) is 0 Å². The average Bonchev–Trinajstić information content (AvgIpc) is 3.06. The number of aliphatic hydroxyl groups is 18. The molecule has 0 aromatic heterocycles. The number of aliphatic hydroxyl groups excluding tert-OH is 18. The van der Waals surface area contributed by atoms with Gasteiger partial charge < -0.3 is 111 Å². The summed E-state index contributed by atoms with van der Waals surface area (Å²) in [5.74, 6) is 0. The molecular formula is C24H48O22. The summed E-state index contributed by atoms with van der Waals surface area (Å²) in [4.78, 5) is 0. The highest BCUT2D eigenvalue weighted by molar-refractivity contribution is 4.90. The molecule has 2 aliphatic heterocycles. The lowest BCUT2D eigenvalue weighted by atomic mass is 9.99. The van der Waals surface area contributed by atoms with Crippen LogP contribution in [0.4, 0.5) is 0 Å². The molecule has 0 saturated carbocycles. The molecule has 0 radical (unpaired) electrons. The molecule has 18 N–H and O–H groups in total. The van der Waals surface area contributed by atoms with Crippen molar-refractivity contribution in [1.29, 1.82) is 0 Å². The Bertz CT molecular complexity index is 746. The molecule has 0 aromatic rings. The number of rotatable bonds is 16. The molecule has 18 atom stereocenters. The second kappa shape index (κ2) is 20.6. The summed E-state index contributed by atoms with van der Waals surface area (Å²) in [6.45, 7) is -4.32. The maximum absolute atomic E-state index is 9.70. The van der Waals surface area contributed by atoms with Gasteiger partial charge in [-0.1, -0.05) is 0 Å². The Morgan fingerprint density at radius 3 is 0.957 bits per heavy atom. The van der Waals surface area contributed by atoms with Crippen molar-refractivity contribution in [2.75, 3.05) is 39.6 Å². The van der Waals surface area contributed by atoms with E-state index in [0.717, 1.165) is 0 Å². The first-order chi connectivity index (χ1) is 21.5. The van der Waals surface area contributed by atoms with Crippen molar-refractivity contribution in [3.05, 3.63) is 0 Å². The van der Waals surface area contributed by atoms with E-state index >= 15 is 0 Å². The third-order valence-electron chi connectivity index (χ3n) is 7.21. The molecule has 0 aliphatic carbocycles. The second-order valence-corrected chi connectivity index (χ2v) is 10.7. The highest BCUT2D eigenvalue weighted by Gasteiger charge is 2.46. The summed E-state index contributed by atoms with van der Waals surface area (Å²) < 4.78 is 20.0. The first kappa shape index (κ1) is 43.1. The van der Waals surface area contributed by atoms with Gasteiger partial charge in [-0.15, -0.1) is 0 Å². The molecule has 46 heavy (non-hydrogen) atoms. The van der Waals surface area contributed by atoms with Gasteiger partial charge in [-0.3, -0.25) is 0 Å². The van der Waals surface area contributed by atoms with E-state index in [0.29, 0.717) is 0 Å². The van der Waals surface area contributed by atoms with Crippen LogP contribution in [0.25, 0.3) is 0 Å². The lowest BCUT2D eigenvalue weighted by Gasteiger charge is -2.40. The molecule has 2 aliphatic rings. The van der Waals surface area contributed by atoms with Crippen LogP contribution in [0.3, 0.4) is 0 Å². The fourth-order valence-corrected chi connectivity index (χ4v) is 4.12. The molecule has 0 unspecified atom stereocenters. The molecular weight excluding hydrogens is 640 g/mol. The topological polar surface area (TPSA) is 401 Å². The van der Waals surface area contributed by atoms with E-state index in [2.05, 4.69) is 0 Å². The lowest BCUT2D eigenvalue weighted by molar-refractivity contribution is -0.306. The van der Waals surface area contributed by atoms with Crippen LogP contribution in [0, 0.1) is 0 Å². The molecule has 276 valence electrons. The van der Waals surface area contributed by atoms with Gasteiger partial charge in [-0.05, 0) is 0 Å². The number of hydrogen-bond acceptors (Lipinski definition) is 22. The van der Waals surface area contributed by atoms with E-state index < -0.39 is 150 Å². The largest absolute Gasteiger partial charge is 0.394 e. The summed E-state index contributed by atoms with van der Waals surface area (Å²) in [7, 11) is 0. The molecule has 0 spiro atoms. The van der Waals surface area contributed by atoms with Crippen molar-refractivity contribution < 1.29 is 111 Å². The third-order valence-corrected chi connectivity index (χ3v) is 7.21. The van der Waals surface area contributed by atoms with E-state index in [1.165, 1.54) is 0 Å². The molecule has 2 heterocycles. The average molecular weight is 689 g/mol. The minimum absolute atomic E-state index is 0.655. The van der Waals surface area contributed by atoms with Gasteiger partial charge in [0.05, 0.1) is 39.6 Å². The Balaban J connectivity index is 0.000000460. The van der Waals surface area contributed by atoms with Crippen LogP contribution in [0.15, 0.2) is 0 Å². The first-order valence-electron chi connectivity index (χ1n) is 14.0. The van der Waals surface area contributed by atoms with Gasteiger partial charge >= 0.3 is 0 Å². The van der Waals surface area contributed by atoms with Crippen LogP contribution in [0.5, 0.6) is 0 Å². The molecule has 22 nitrogen and oxygen atoms in total. The standard InChI is InChI=1S/2C12H24O11/c2*13-1-4(15)7(17)8(18)5(16)3-22-12-11(21)10(20)9(19)6(2-14)23-12/h2*4-21H,1-3H2/t4-,5+,6+,7+,8+,9+,10-,11+,12-;4-,5-,6-,7-,8-,9-,10+,11-,12+/m01/s1. The van der Waals surface area contributed by atoms with Crippen molar-refractivity contribution in [3.63, 3.8) is 0 Å². The summed E-state index contributed by atoms with van der Waals surface area (Å²) in [5.41, 5.74) is 0. The van der Waals surface area contributed by atoms with Gasteiger partial charge in [0.15, 0.2) is 12.6 Å². The minimum atomic E-state index is -1.86. The number of ether oxygens (including phenoxy) is 4. The van der Waals surface area contributed by atoms with Gasteiger partial charge in [0.25, 0.3) is 0 Å². The Labute approximate surface area is 261 Å². The lowest BCUT2D eigenvalue weighted by Crippen LogP contribution is -2.59. The van der Waals surface area contributed by atoms with E-state index in [-0.39, 0.29) is 0 Å². The minimum Gasteiger partial charge on any atom is -0.394 e.